The van der Waals surface area contributed by atoms with Gasteiger partial charge in [-0.15, -0.1) is 0 Å². The minimum Gasteiger partial charge on any atom is -0.481 e. The molecule has 0 saturated carbocycles. The van der Waals surface area contributed by atoms with Crippen molar-refractivity contribution >= 4 is 53.4 Å². The quantitative estimate of drug-likeness (QED) is 0.245. The van der Waals surface area contributed by atoms with Crippen LogP contribution < -0.4 is 30.4 Å². The summed E-state index contributed by atoms with van der Waals surface area (Å²) in [5.74, 6) is -0.148. The third kappa shape index (κ3) is 4.38. The Kier molecular flexibility index (Phi) is 6.87. The normalized spacial score (nSPS) is 18.8. The molecule has 0 aliphatic carbocycles. The molecule has 1 unspecified atom stereocenters. The molecule has 40 heavy (non-hydrogen) atoms. The van der Waals surface area contributed by atoms with Crippen LogP contribution >= 0.6 is 11.8 Å². The maximum Gasteiger partial charge on any atom is 0.336 e. The SMILES string of the molecule is CN1CCc2cc3c(cc21)[Si](C)(CCSCCC(=O)O)c1cc2c(cc1=C3c1ccccc1C(=O)O)CC[N+]=2C. The Bertz CT molecular complexity index is 1700. The first kappa shape index (κ1) is 26.8. The summed E-state index contributed by atoms with van der Waals surface area (Å²) >= 11 is 1.73. The fraction of sp³-hybridized carbons (Fsp3) is 0.344. The predicted octanol–water partition coefficient (Wildman–Crippen LogP) is 2.02. The number of hydrogen-bond donors (Lipinski definition) is 2. The van der Waals surface area contributed by atoms with E-state index in [4.69, 9.17) is 5.11 Å². The Balaban J connectivity index is 1.66. The largest absolute Gasteiger partial charge is 0.481 e. The molecule has 0 aromatic heterocycles. The Labute approximate surface area is 239 Å². The first-order valence-corrected chi connectivity index (χ1v) is 17.8. The average Bonchev–Trinajstić information content (AvgIpc) is 3.48. The zero-order valence-electron chi connectivity index (χ0n) is 23.3. The number of nitrogens with zero attached hydrogens (tertiary/aromatic N) is 2. The highest BCUT2D eigenvalue weighted by molar-refractivity contribution is 7.99. The van der Waals surface area contributed by atoms with E-state index in [9.17, 15) is 14.7 Å². The minimum absolute atomic E-state index is 0.177. The lowest BCUT2D eigenvalue weighted by molar-refractivity contribution is -0.136. The van der Waals surface area contributed by atoms with Crippen molar-refractivity contribution in [3.63, 3.8) is 0 Å². The van der Waals surface area contributed by atoms with E-state index < -0.39 is 20.0 Å². The van der Waals surface area contributed by atoms with Gasteiger partial charge >= 0.3 is 11.9 Å². The van der Waals surface area contributed by atoms with Crippen LogP contribution in [0.5, 0.6) is 0 Å². The highest BCUT2D eigenvalue weighted by atomic mass is 32.2. The number of hydrogen-bond acceptors (Lipinski definition) is 4. The molecule has 6 rings (SSSR count). The summed E-state index contributed by atoms with van der Waals surface area (Å²) in [6, 6.07) is 18.0. The second-order valence-electron chi connectivity index (χ2n) is 11.5. The van der Waals surface area contributed by atoms with Gasteiger partial charge in [-0.05, 0) is 80.3 Å². The van der Waals surface area contributed by atoms with E-state index in [1.807, 2.05) is 12.1 Å². The van der Waals surface area contributed by atoms with Crippen molar-refractivity contribution in [3.05, 3.63) is 86.9 Å². The Morgan fingerprint density at radius 1 is 1.00 bits per heavy atom. The number of carbonyl (C=O) groups is 2. The van der Waals surface area contributed by atoms with Crippen LogP contribution in [0.15, 0.2) is 48.5 Å². The maximum absolute atomic E-state index is 12.5. The van der Waals surface area contributed by atoms with E-state index >= 15 is 0 Å². The van der Waals surface area contributed by atoms with E-state index in [0.29, 0.717) is 11.3 Å². The van der Waals surface area contributed by atoms with E-state index in [2.05, 4.69) is 54.4 Å². The third-order valence-electron chi connectivity index (χ3n) is 9.05. The summed E-state index contributed by atoms with van der Waals surface area (Å²) < 4.78 is 2.34. The van der Waals surface area contributed by atoms with Gasteiger partial charge in [0.05, 0.1) is 12.0 Å². The van der Waals surface area contributed by atoms with Gasteiger partial charge < -0.3 is 15.1 Å². The van der Waals surface area contributed by atoms with Crippen LogP contribution in [-0.4, -0.2) is 68.9 Å². The molecule has 0 fully saturated rings. The first-order chi connectivity index (χ1) is 19.2. The number of aromatic carboxylic acids is 1. The Morgan fingerprint density at radius 3 is 2.58 bits per heavy atom. The van der Waals surface area contributed by atoms with Crippen molar-refractivity contribution < 1.29 is 19.8 Å². The van der Waals surface area contributed by atoms with Crippen molar-refractivity contribution in [2.75, 3.05) is 43.6 Å². The van der Waals surface area contributed by atoms with Gasteiger partial charge in [-0.1, -0.05) is 24.7 Å². The standard InChI is InChI=1S/C32H34N2O4SSi/c1-33-11-8-20-16-24-28(18-26(20)33)40(3,15-14-39-13-10-30(35)36)29-19-27-21(9-12-34(27)2)17-25(29)31(24)22-6-4-5-7-23(22)32(37)38/h4-7,16-19H,8-15H2,1-3H3,(H-,35,36,37,38)/p+1. The molecule has 3 aliphatic heterocycles. The molecule has 0 radical (unpaired) electrons. The second kappa shape index (κ2) is 10.2. The first-order valence-electron chi connectivity index (χ1n) is 14.0. The zero-order valence-corrected chi connectivity index (χ0v) is 25.1. The number of carboxylic acids is 2. The highest BCUT2D eigenvalue weighted by Gasteiger charge is 2.41. The van der Waals surface area contributed by atoms with Gasteiger partial charge in [0.25, 0.3) is 0 Å². The number of rotatable bonds is 8. The summed E-state index contributed by atoms with van der Waals surface area (Å²) in [5, 5.41) is 24.6. The number of aliphatic carboxylic acids is 1. The fourth-order valence-corrected chi connectivity index (χ4v) is 12.9. The molecule has 3 aromatic carbocycles. The molecule has 0 bridgehead atoms. The average molecular weight is 572 g/mol. The molecule has 0 saturated heterocycles. The number of thioether (sulfide) groups is 1. The zero-order chi connectivity index (χ0) is 28.2. The lowest BCUT2D eigenvalue weighted by Gasteiger charge is -2.37. The molecular formula is C32H35N2O4SSi+. The van der Waals surface area contributed by atoms with Crippen molar-refractivity contribution in [2.45, 2.75) is 31.9 Å². The third-order valence-corrected chi connectivity index (χ3v) is 14.9. The molecule has 0 amide bonds. The summed E-state index contributed by atoms with van der Waals surface area (Å²) in [6.45, 7) is 4.42. The van der Waals surface area contributed by atoms with Gasteiger partial charge in [0.15, 0.2) is 0 Å². The minimum atomic E-state index is -2.31. The second-order valence-corrected chi connectivity index (χ2v) is 16.9. The van der Waals surface area contributed by atoms with Crippen molar-refractivity contribution in [3.8, 4) is 0 Å². The molecular weight excluding hydrogens is 537 g/mol. The maximum atomic E-state index is 12.5. The summed E-state index contributed by atoms with van der Waals surface area (Å²) in [6.07, 6.45) is 2.15. The molecule has 8 heteroatoms. The Hall–Kier alpha value is -3.36. The number of carboxylic acid groups (broad SMARTS) is 2. The van der Waals surface area contributed by atoms with E-state index in [1.54, 1.807) is 23.9 Å². The number of fused-ring (bicyclic) bond motifs is 4. The highest BCUT2D eigenvalue weighted by Crippen LogP contribution is 2.35. The van der Waals surface area contributed by atoms with Gasteiger partial charge in [-0.25, -0.2) is 9.37 Å². The van der Waals surface area contributed by atoms with E-state index in [1.165, 1.54) is 43.3 Å². The van der Waals surface area contributed by atoms with Gasteiger partial charge in [0.2, 0.25) is 5.36 Å². The van der Waals surface area contributed by atoms with Gasteiger partial charge in [-0.2, -0.15) is 11.8 Å². The van der Waals surface area contributed by atoms with Crippen LogP contribution in [-0.2, 0) is 17.6 Å². The molecule has 3 aromatic rings. The summed E-state index contributed by atoms with van der Waals surface area (Å²) in [7, 11) is 2.00. The van der Waals surface area contributed by atoms with Crippen LogP contribution in [0.1, 0.15) is 39.0 Å². The van der Waals surface area contributed by atoms with Crippen molar-refractivity contribution in [2.24, 2.45) is 0 Å². The lowest BCUT2D eigenvalue weighted by Crippen LogP contribution is -2.66. The monoisotopic (exact) mass is 571 g/mol. The molecule has 6 nitrogen and oxygen atoms in total. The number of anilines is 1. The smallest absolute Gasteiger partial charge is 0.336 e. The predicted molar refractivity (Wildman–Crippen MR) is 165 cm³/mol. The van der Waals surface area contributed by atoms with Crippen molar-refractivity contribution in [1.29, 1.82) is 0 Å². The topological polar surface area (TPSA) is 80.9 Å². The van der Waals surface area contributed by atoms with E-state index in [0.717, 1.165) is 48.9 Å². The fourth-order valence-electron chi connectivity index (χ4n) is 6.80. The van der Waals surface area contributed by atoms with Crippen LogP contribution in [0.4, 0.5) is 5.69 Å². The van der Waals surface area contributed by atoms with Crippen molar-refractivity contribution in [1.82, 2.24) is 4.58 Å². The Morgan fingerprint density at radius 2 is 1.80 bits per heavy atom. The number of benzene rings is 3. The molecule has 0 spiro atoms. The van der Waals surface area contributed by atoms with Crippen LogP contribution in [0.25, 0.3) is 5.57 Å². The molecule has 2 N–H and O–H groups in total. The van der Waals surface area contributed by atoms with Crippen LogP contribution in [0.2, 0.25) is 12.6 Å². The lowest BCUT2D eigenvalue weighted by atomic mass is 9.89. The van der Waals surface area contributed by atoms with E-state index in [-0.39, 0.29) is 6.42 Å². The van der Waals surface area contributed by atoms with Crippen LogP contribution in [0, 0.1) is 0 Å². The van der Waals surface area contributed by atoms with Gasteiger partial charge in [-0.3, -0.25) is 4.79 Å². The summed E-state index contributed by atoms with van der Waals surface area (Å²) in [4.78, 5) is 25.9. The molecule has 3 heterocycles. The van der Waals surface area contributed by atoms with Gasteiger partial charge in [0.1, 0.15) is 21.7 Å². The van der Waals surface area contributed by atoms with Gasteiger partial charge in [0, 0.05) is 43.1 Å². The molecule has 3 aliphatic rings. The molecule has 1 atom stereocenters. The molecule has 206 valence electrons. The summed E-state index contributed by atoms with van der Waals surface area (Å²) in [5.41, 5.74) is 7.27. The van der Waals surface area contributed by atoms with Crippen LogP contribution in [0.3, 0.4) is 0 Å². The number of likely N-dealkylation sites (N-methyl/N-ethyl adjacent to an activating group) is 2.